The summed E-state index contributed by atoms with van der Waals surface area (Å²) in [6.45, 7) is 0.274. The molecule has 0 radical (unpaired) electrons. The third kappa shape index (κ3) is 4.70. The quantitative estimate of drug-likeness (QED) is 0.684. The average Bonchev–Trinajstić information content (AvgIpc) is 2.66. The van der Waals surface area contributed by atoms with Crippen LogP contribution in [0.2, 0.25) is 10.0 Å². The Morgan fingerprint density at radius 3 is 2.63 bits per heavy atom. The van der Waals surface area contributed by atoms with Gasteiger partial charge in [-0.05, 0) is 35.9 Å². The first kappa shape index (κ1) is 19.0. The Morgan fingerprint density at radius 1 is 1.07 bits per heavy atom. The molecular formula is C20H16Cl2N2O3. The van der Waals surface area contributed by atoms with Crippen LogP contribution in [-0.2, 0) is 6.54 Å². The van der Waals surface area contributed by atoms with Crippen molar-refractivity contribution in [2.45, 2.75) is 6.54 Å². The SMILES string of the molecule is COc1cccc(NC(=O)c2ccc(=O)n(Cc3ccc(Cl)c(Cl)c3)c2)c1. The van der Waals surface area contributed by atoms with Crippen molar-refractivity contribution in [1.82, 2.24) is 4.57 Å². The number of halogens is 2. The number of carbonyl (C=O) groups excluding carboxylic acids is 1. The van der Waals surface area contributed by atoms with Gasteiger partial charge in [0.1, 0.15) is 5.75 Å². The number of aromatic nitrogens is 1. The van der Waals surface area contributed by atoms with Gasteiger partial charge in [0.25, 0.3) is 11.5 Å². The van der Waals surface area contributed by atoms with Gasteiger partial charge in [0.05, 0.1) is 29.3 Å². The molecule has 3 aromatic rings. The summed E-state index contributed by atoms with van der Waals surface area (Å²) in [5, 5.41) is 3.64. The Bertz CT molecular complexity index is 1050. The molecule has 0 aliphatic carbocycles. The predicted octanol–water partition coefficient (Wildman–Crippen LogP) is 4.46. The topological polar surface area (TPSA) is 60.3 Å². The molecule has 27 heavy (non-hydrogen) atoms. The van der Waals surface area contributed by atoms with Crippen LogP contribution in [0, 0.1) is 0 Å². The Labute approximate surface area is 166 Å². The normalized spacial score (nSPS) is 10.5. The molecular weight excluding hydrogens is 387 g/mol. The number of nitrogens with one attached hydrogen (secondary N) is 1. The number of anilines is 1. The van der Waals surface area contributed by atoms with E-state index in [4.69, 9.17) is 27.9 Å². The number of benzene rings is 2. The largest absolute Gasteiger partial charge is 0.497 e. The third-order valence-electron chi connectivity index (χ3n) is 3.91. The van der Waals surface area contributed by atoms with Crippen LogP contribution in [0.25, 0.3) is 0 Å². The lowest BCUT2D eigenvalue weighted by Gasteiger charge is -2.10. The summed E-state index contributed by atoms with van der Waals surface area (Å²) in [5.74, 6) is 0.309. The Balaban J connectivity index is 1.82. The molecule has 0 unspecified atom stereocenters. The summed E-state index contributed by atoms with van der Waals surface area (Å²) in [6, 6.07) is 15.0. The summed E-state index contributed by atoms with van der Waals surface area (Å²) in [6.07, 6.45) is 1.51. The summed E-state index contributed by atoms with van der Waals surface area (Å²) in [4.78, 5) is 24.7. The van der Waals surface area contributed by atoms with Crippen LogP contribution in [0.15, 0.2) is 65.6 Å². The van der Waals surface area contributed by atoms with Crippen molar-refractivity contribution in [2.75, 3.05) is 12.4 Å². The fourth-order valence-electron chi connectivity index (χ4n) is 2.53. The lowest BCUT2D eigenvalue weighted by atomic mass is 10.2. The van der Waals surface area contributed by atoms with Crippen molar-refractivity contribution in [3.8, 4) is 5.75 Å². The molecule has 1 heterocycles. The summed E-state index contributed by atoms with van der Waals surface area (Å²) < 4.78 is 6.59. The molecule has 0 fully saturated rings. The van der Waals surface area contributed by atoms with Crippen molar-refractivity contribution >= 4 is 34.8 Å². The Hall–Kier alpha value is -2.76. The van der Waals surface area contributed by atoms with Crippen LogP contribution in [-0.4, -0.2) is 17.6 Å². The monoisotopic (exact) mass is 402 g/mol. The Kier molecular flexibility index (Phi) is 5.84. The fraction of sp³-hybridized carbons (Fsp3) is 0.100. The van der Waals surface area contributed by atoms with Gasteiger partial charge in [-0.15, -0.1) is 0 Å². The second-order valence-corrected chi connectivity index (χ2v) is 6.63. The van der Waals surface area contributed by atoms with E-state index < -0.39 is 0 Å². The van der Waals surface area contributed by atoms with Crippen molar-refractivity contribution in [1.29, 1.82) is 0 Å². The van der Waals surface area contributed by atoms with E-state index in [1.54, 1.807) is 49.6 Å². The molecule has 7 heteroatoms. The molecule has 0 saturated heterocycles. The number of methoxy groups -OCH3 is 1. The molecule has 1 N–H and O–H groups in total. The maximum Gasteiger partial charge on any atom is 0.257 e. The average molecular weight is 403 g/mol. The molecule has 3 rings (SSSR count). The zero-order chi connectivity index (χ0) is 19.4. The second kappa shape index (κ2) is 8.29. The third-order valence-corrected chi connectivity index (χ3v) is 4.65. The van der Waals surface area contributed by atoms with Gasteiger partial charge in [0.15, 0.2) is 0 Å². The van der Waals surface area contributed by atoms with Crippen LogP contribution >= 0.6 is 23.2 Å². The highest BCUT2D eigenvalue weighted by Gasteiger charge is 2.10. The highest BCUT2D eigenvalue weighted by molar-refractivity contribution is 6.42. The number of amides is 1. The molecule has 138 valence electrons. The van der Waals surface area contributed by atoms with E-state index in [1.807, 2.05) is 0 Å². The molecule has 0 aliphatic rings. The number of nitrogens with zero attached hydrogens (tertiary/aromatic N) is 1. The van der Waals surface area contributed by atoms with Gasteiger partial charge in [0.2, 0.25) is 0 Å². The zero-order valence-corrected chi connectivity index (χ0v) is 15.9. The standard InChI is InChI=1S/C20H16Cl2N2O3/c1-27-16-4-2-3-15(10-16)23-20(26)14-6-8-19(25)24(12-14)11-13-5-7-17(21)18(22)9-13/h2-10,12H,11H2,1H3,(H,23,26). The van der Waals surface area contributed by atoms with Gasteiger partial charge in [-0.2, -0.15) is 0 Å². The summed E-state index contributed by atoms with van der Waals surface area (Å²) in [5.41, 5.74) is 1.54. The van der Waals surface area contributed by atoms with Crippen molar-refractivity contribution in [3.05, 3.63) is 92.3 Å². The van der Waals surface area contributed by atoms with Crippen LogP contribution in [0.3, 0.4) is 0 Å². The molecule has 5 nitrogen and oxygen atoms in total. The molecule has 0 bridgehead atoms. The van der Waals surface area contributed by atoms with E-state index in [2.05, 4.69) is 5.32 Å². The smallest absolute Gasteiger partial charge is 0.257 e. The van der Waals surface area contributed by atoms with Gasteiger partial charge in [-0.3, -0.25) is 9.59 Å². The molecule has 1 aromatic heterocycles. The van der Waals surface area contributed by atoms with E-state index >= 15 is 0 Å². The maximum absolute atomic E-state index is 12.5. The Morgan fingerprint density at radius 2 is 1.89 bits per heavy atom. The van der Waals surface area contributed by atoms with E-state index in [1.165, 1.54) is 22.9 Å². The van der Waals surface area contributed by atoms with Crippen LogP contribution < -0.4 is 15.6 Å². The molecule has 0 atom stereocenters. The van der Waals surface area contributed by atoms with Crippen LogP contribution in [0.5, 0.6) is 5.75 Å². The lowest BCUT2D eigenvalue weighted by Crippen LogP contribution is -2.22. The van der Waals surface area contributed by atoms with E-state index in [-0.39, 0.29) is 18.0 Å². The number of hydrogen-bond acceptors (Lipinski definition) is 3. The highest BCUT2D eigenvalue weighted by Crippen LogP contribution is 2.23. The first-order valence-electron chi connectivity index (χ1n) is 8.06. The first-order valence-corrected chi connectivity index (χ1v) is 8.81. The minimum atomic E-state index is -0.328. The highest BCUT2D eigenvalue weighted by atomic mass is 35.5. The minimum Gasteiger partial charge on any atom is -0.497 e. The van der Waals surface area contributed by atoms with Gasteiger partial charge in [-0.25, -0.2) is 0 Å². The van der Waals surface area contributed by atoms with Crippen LogP contribution in [0.4, 0.5) is 5.69 Å². The molecule has 0 spiro atoms. The van der Waals surface area contributed by atoms with Gasteiger partial charge in [0, 0.05) is 24.0 Å². The van der Waals surface area contributed by atoms with Crippen molar-refractivity contribution < 1.29 is 9.53 Å². The van der Waals surface area contributed by atoms with Crippen molar-refractivity contribution in [3.63, 3.8) is 0 Å². The lowest BCUT2D eigenvalue weighted by molar-refractivity contribution is 0.102. The zero-order valence-electron chi connectivity index (χ0n) is 14.4. The van der Waals surface area contributed by atoms with E-state index in [0.717, 1.165) is 5.56 Å². The number of rotatable bonds is 5. The van der Waals surface area contributed by atoms with Gasteiger partial charge in [-0.1, -0.05) is 35.3 Å². The predicted molar refractivity (Wildman–Crippen MR) is 107 cm³/mol. The van der Waals surface area contributed by atoms with Crippen molar-refractivity contribution in [2.24, 2.45) is 0 Å². The number of ether oxygens (including phenoxy) is 1. The molecule has 0 aliphatic heterocycles. The van der Waals surface area contributed by atoms with Crippen LogP contribution in [0.1, 0.15) is 15.9 Å². The summed E-state index contributed by atoms with van der Waals surface area (Å²) >= 11 is 11.9. The minimum absolute atomic E-state index is 0.223. The summed E-state index contributed by atoms with van der Waals surface area (Å²) in [7, 11) is 1.56. The number of pyridine rings is 1. The maximum atomic E-state index is 12.5. The second-order valence-electron chi connectivity index (χ2n) is 5.82. The van der Waals surface area contributed by atoms with E-state index in [0.29, 0.717) is 27.0 Å². The molecule has 0 saturated carbocycles. The van der Waals surface area contributed by atoms with Gasteiger partial charge >= 0.3 is 0 Å². The van der Waals surface area contributed by atoms with Gasteiger partial charge < -0.3 is 14.6 Å². The molecule has 2 aromatic carbocycles. The van der Waals surface area contributed by atoms with E-state index in [9.17, 15) is 9.59 Å². The first-order chi connectivity index (χ1) is 13.0. The number of hydrogen-bond donors (Lipinski definition) is 1. The molecule has 1 amide bonds. The number of carbonyl (C=O) groups is 1. The fourth-order valence-corrected chi connectivity index (χ4v) is 2.85.